The van der Waals surface area contributed by atoms with Crippen LogP contribution in [0.2, 0.25) is 0 Å². The second-order valence-corrected chi connectivity index (χ2v) is 3.51. The van der Waals surface area contributed by atoms with E-state index >= 15 is 0 Å². The lowest BCUT2D eigenvalue weighted by molar-refractivity contribution is -0.140. The normalized spacial score (nSPS) is 11.7. The lowest BCUT2D eigenvalue weighted by atomic mass is 10.1. The van der Waals surface area contributed by atoms with Crippen LogP contribution in [-0.4, -0.2) is 18.1 Å². The van der Waals surface area contributed by atoms with E-state index in [1.54, 1.807) is 0 Å². The van der Waals surface area contributed by atoms with Gasteiger partial charge in [-0.25, -0.2) is 13.8 Å². The summed E-state index contributed by atoms with van der Waals surface area (Å²) >= 11 is 0. The van der Waals surface area contributed by atoms with Crippen LogP contribution in [0, 0.1) is 0 Å². The van der Waals surface area contributed by atoms with Crippen LogP contribution in [0.5, 0.6) is 0 Å². The maximum absolute atomic E-state index is 12.6. The summed E-state index contributed by atoms with van der Waals surface area (Å²) in [4.78, 5) is 14.2. The predicted molar refractivity (Wildman–Crippen MR) is 54.3 cm³/mol. The minimum atomic E-state index is -4.92. The summed E-state index contributed by atoms with van der Waals surface area (Å²) in [6, 6.07) is 0.167. The van der Waals surface area contributed by atoms with Crippen LogP contribution in [0.25, 0.3) is 0 Å². The van der Waals surface area contributed by atoms with Gasteiger partial charge in [0.1, 0.15) is 5.69 Å². The van der Waals surface area contributed by atoms with Crippen LogP contribution in [0.3, 0.4) is 0 Å². The van der Waals surface area contributed by atoms with Crippen molar-refractivity contribution in [2.24, 2.45) is 0 Å². The highest BCUT2D eigenvalue weighted by atomic mass is 19.4. The van der Waals surface area contributed by atoms with Crippen LogP contribution in [-0.2, 0) is 22.1 Å². The Hall–Kier alpha value is -1.93. The van der Waals surface area contributed by atoms with Crippen molar-refractivity contribution in [1.82, 2.24) is 4.98 Å². The van der Waals surface area contributed by atoms with Crippen molar-refractivity contribution in [2.75, 3.05) is 12.8 Å². The molecule has 0 bridgehead atoms. The maximum atomic E-state index is 12.6. The Labute approximate surface area is 104 Å². The van der Waals surface area contributed by atoms with Crippen molar-refractivity contribution < 1.29 is 31.5 Å². The molecule has 1 rings (SSSR count). The highest BCUT2D eigenvalue weighted by Gasteiger charge is 2.36. The number of aromatic nitrogens is 1. The van der Waals surface area contributed by atoms with Crippen molar-refractivity contribution in [3.63, 3.8) is 0 Å². The third-order valence-corrected chi connectivity index (χ3v) is 2.23. The molecule has 0 amide bonds. The molecule has 0 aliphatic heterocycles. The van der Waals surface area contributed by atoms with Crippen molar-refractivity contribution in [3.8, 4) is 0 Å². The fraction of sp³-hybridized carbons (Fsp3) is 0.400. The van der Waals surface area contributed by atoms with Gasteiger partial charge in [0.15, 0.2) is 0 Å². The standard InChI is InChI=1S/C10H9F5N2O2/c1-19-7(18)3-5-8(16)4(10(13,14)15)2-6(17-5)9(11)12/h2,9H,3,16H2,1H3. The van der Waals surface area contributed by atoms with E-state index in [2.05, 4.69) is 9.72 Å². The summed E-state index contributed by atoms with van der Waals surface area (Å²) in [5.41, 5.74) is 1.22. The van der Waals surface area contributed by atoms with Crippen LogP contribution < -0.4 is 5.73 Å². The molecule has 0 saturated carbocycles. The third kappa shape index (κ3) is 3.52. The number of anilines is 1. The zero-order valence-electron chi connectivity index (χ0n) is 9.59. The van der Waals surface area contributed by atoms with Gasteiger partial charge in [-0.15, -0.1) is 0 Å². The van der Waals surface area contributed by atoms with E-state index in [1.165, 1.54) is 0 Å². The molecule has 1 heterocycles. The predicted octanol–water partition coefficient (Wildman–Crippen LogP) is 2.34. The van der Waals surface area contributed by atoms with E-state index in [9.17, 15) is 26.7 Å². The van der Waals surface area contributed by atoms with Crippen LogP contribution >= 0.6 is 0 Å². The molecular formula is C10H9F5N2O2. The number of carbonyl (C=O) groups is 1. The average Bonchev–Trinajstić information content (AvgIpc) is 2.29. The fourth-order valence-corrected chi connectivity index (χ4v) is 1.32. The number of hydrogen-bond donors (Lipinski definition) is 1. The Morgan fingerprint density at radius 2 is 2.05 bits per heavy atom. The number of rotatable bonds is 3. The number of methoxy groups -OCH3 is 1. The number of halogens is 5. The topological polar surface area (TPSA) is 65.2 Å². The van der Waals surface area contributed by atoms with Crippen LogP contribution in [0.15, 0.2) is 6.07 Å². The van der Waals surface area contributed by atoms with Crippen molar-refractivity contribution in [2.45, 2.75) is 19.0 Å². The molecule has 0 spiro atoms. The number of nitrogens with two attached hydrogens (primary N) is 1. The van der Waals surface area contributed by atoms with E-state index in [4.69, 9.17) is 5.73 Å². The fourth-order valence-electron chi connectivity index (χ4n) is 1.32. The first-order chi connectivity index (χ1) is 8.66. The molecule has 0 aliphatic carbocycles. The maximum Gasteiger partial charge on any atom is 0.418 e. The monoisotopic (exact) mass is 284 g/mol. The van der Waals surface area contributed by atoms with Gasteiger partial charge in [0.05, 0.1) is 30.5 Å². The summed E-state index contributed by atoms with van der Waals surface area (Å²) < 4.78 is 67.1. The van der Waals surface area contributed by atoms with Gasteiger partial charge in [0, 0.05) is 0 Å². The molecular weight excluding hydrogens is 275 g/mol. The first-order valence-electron chi connectivity index (χ1n) is 4.88. The van der Waals surface area contributed by atoms with Gasteiger partial charge in [-0.05, 0) is 6.07 Å². The molecule has 1 aromatic rings. The molecule has 0 aromatic carbocycles. The second kappa shape index (κ2) is 5.37. The number of esters is 1. The highest BCUT2D eigenvalue weighted by Crippen LogP contribution is 2.36. The van der Waals surface area contributed by atoms with Crippen LogP contribution in [0.1, 0.15) is 23.4 Å². The summed E-state index contributed by atoms with van der Waals surface area (Å²) in [5.74, 6) is -0.932. The molecule has 19 heavy (non-hydrogen) atoms. The first kappa shape index (κ1) is 15.1. The molecule has 2 N–H and O–H groups in total. The molecule has 0 fully saturated rings. The zero-order chi connectivity index (χ0) is 14.8. The second-order valence-electron chi connectivity index (χ2n) is 3.51. The molecule has 0 saturated heterocycles. The van der Waals surface area contributed by atoms with Gasteiger partial charge in [-0.1, -0.05) is 0 Å². The number of hydrogen-bond acceptors (Lipinski definition) is 4. The summed E-state index contributed by atoms with van der Waals surface area (Å²) in [5, 5.41) is 0. The molecule has 0 radical (unpaired) electrons. The highest BCUT2D eigenvalue weighted by molar-refractivity contribution is 5.74. The molecule has 4 nitrogen and oxygen atoms in total. The van der Waals surface area contributed by atoms with E-state index in [0.717, 1.165) is 7.11 Å². The van der Waals surface area contributed by atoms with Gasteiger partial charge >= 0.3 is 12.1 Å². The van der Waals surface area contributed by atoms with E-state index in [0.29, 0.717) is 0 Å². The Morgan fingerprint density at radius 1 is 1.47 bits per heavy atom. The van der Waals surface area contributed by atoms with Gasteiger partial charge in [-0.3, -0.25) is 4.79 Å². The van der Waals surface area contributed by atoms with Gasteiger partial charge in [0.2, 0.25) is 0 Å². The molecule has 0 unspecified atom stereocenters. The van der Waals surface area contributed by atoms with Crippen molar-refractivity contribution in [3.05, 3.63) is 23.0 Å². The van der Waals surface area contributed by atoms with E-state index < -0.39 is 47.6 Å². The van der Waals surface area contributed by atoms with Gasteiger partial charge in [0.25, 0.3) is 6.43 Å². The molecule has 1 aromatic heterocycles. The largest absolute Gasteiger partial charge is 0.469 e. The SMILES string of the molecule is COC(=O)Cc1nc(C(F)F)cc(C(F)(F)F)c1N. The quantitative estimate of drug-likeness (QED) is 0.683. The average molecular weight is 284 g/mol. The summed E-state index contributed by atoms with van der Waals surface area (Å²) in [6.45, 7) is 0. The van der Waals surface area contributed by atoms with E-state index in [-0.39, 0.29) is 6.07 Å². The number of alkyl halides is 5. The smallest absolute Gasteiger partial charge is 0.418 e. The molecule has 0 aliphatic rings. The van der Waals surface area contributed by atoms with Crippen LogP contribution in [0.4, 0.5) is 27.6 Å². The summed E-state index contributed by atoms with van der Waals surface area (Å²) in [7, 11) is 1.00. The molecule has 106 valence electrons. The number of nitrogens with zero attached hydrogens (tertiary/aromatic N) is 1. The van der Waals surface area contributed by atoms with E-state index in [1.807, 2.05) is 0 Å². The third-order valence-electron chi connectivity index (χ3n) is 2.23. The van der Waals surface area contributed by atoms with Gasteiger partial charge < -0.3 is 10.5 Å². The molecule has 9 heteroatoms. The Bertz CT molecular complexity index is 488. The first-order valence-corrected chi connectivity index (χ1v) is 4.88. The zero-order valence-corrected chi connectivity index (χ0v) is 9.59. The minimum absolute atomic E-state index is 0.167. The number of ether oxygens (including phenoxy) is 1. The number of carbonyl (C=O) groups excluding carboxylic acids is 1. The minimum Gasteiger partial charge on any atom is -0.469 e. The Kier molecular flexibility index (Phi) is 4.28. The molecule has 0 atom stereocenters. The van der Waals surface area contributed by atoms with Crippen molar-refractivity contribution >= 4 is 11.7 Å². The van der Waals surface area contributed by atoms with Crippen molar-refractivity contribution in [1.29, 1.82) is 0 Å². The van der Waals surface area contributed by atoms with Gasteiger partial charge in [-0.2, -0.15) is 13.2 Å². The number of nitrogen functional groups attached to an aromatic ring is 1. The lowest BCUT2D eigenvalue weighted by Crippen LogP contribution is -2.16. The Morgan fingerprint density at radius 3 is 2.47 bits per heavy atom. The lowest BCUT2D eigenvalue weighted by Gasteiger charge is -2.14. The summed E-state index contributed by atoms with van der Waals surface area (Å²) in [6.07, 6.45) is -8.84. The number of pyridine rings is 1. The Balaban J connectivity index is 3.37.